The quantitative estimate of drug-likeness (QED) is 0.891. The molecule has 4 heteroatoms. The zero-order valence-corrected chi connectivity index (χ0v) is 11.6. The summed E-state index contributed by atoms with van der Waals surface area (Å²) in [6.45, 7) is 5.24. The third-order valence-corrected chi connectivity index (χ3v) is 3.64. The van der Waals surface area contributed by atoms with Crippen LogP contribution in [0.4, 0.5) is 5.82 Å². The van der Waals surface area contributed by atoms with Crippen LogP contribution in [-0.2, 0) is 0 Å². The zero-order chi connectivity index (χ0) is 13.0. The molecular formula is C14H23N3O. The Labute approximate surface area is 109 Å². The molecule has 18 heavy (non-hydrogen) atoms. The maximum absolute atomic E-state index is 5.15. The maximum Gasteiger partial charge on any atom is 0.218 e. The third kappa shape index (κ3) is 3.59. The second-order valence-corrected chi connectivity index (χ2v) is 5.36. The van der Waals surface area contributed by atoms with E-state index in [0.717, 1.165) is 30.0 Å². The first-order valence-electron chi connectivity index (χ1n) is 6.81. The van der Waals surface area contributed by atoms with E-state index in [-0.39, 0.29) is 0 Å². The Kier molecular flexibility index (Phi) is 4.39. The predicted octanol–water partition coefficient (Wildman–Crippen LogP) is 3.03. The van der Waals surface area contributed by atoms with Crippen molar-refractivity contribution in [3.8, 4) is 5.88 Å². The van der Waals surface area contributed by atoms with Gasteiger partial charge in [0.05, 0.1) is 7.11 Å². The summed E-state index contributed by atoms with van der Waals surface area (Å²) in [5, 5.41) is 3.42. The molecule has 1 heterocycles. The Balaban J connectivity index is 1.91. The summed E-state index contributed by atoms with van der Waals surface area (Å²) in [4.78, 5) is 8.57. The van der Waals surface area contributed by atoms with Gasteiger partial charge in [-0.3, -0.25) is 0 Å². The minimum atomic E-state index is 0.627. The highest BCUT2D eigenvalue weighted by molar-refractivity contribution is 5.38. The van der Waals surface area contributed by atoms with Crippen LogP contribution in [0.1, 0.15) is 38.4 Å². The van der Waals surface area contributed by atoms with E-state index < -0.39 is 0 Å². The number of rotatable bonds is 4. The molecule has 100 valence electrons. The lowest BCUT2D eigenvalue weighted by Gasteiger charge is -2.26. The van der Waals surface area contributed by atoms with E-state index in [1.807, 2.05) is 13.0 Å². The van der Waals surface area contributed by atoms with Crippen molar-refractivity contribution in [2.24, 2.45) is 11.8 Å². The Morgan fingerprint density at radius 3 is 2.94 bits per heavy atom. The molecule has 0 saturated heterocycles. The van der Waals surface area contributed by atoms with Crippen molar-refractivity contribution >= 4 is 5.82 Å². The van der Waals surface area contributed by atoms with Crippen molar-refractivity contribution < 1.29 is 4.74 Å². The molecule has 0 radical (unpaired) electrons. The highest BCUT2D eigenvalue weighted by atomic mass is 16.5. The molecule has 2 unspecified atom stereocenters. The molecule has 0 spiro atoms. The molecular weight excluding hydrogens is 226 g/mol. The van der Waals surface area contributed by atoms with Crippen LogP contribution < -0.4 is 10.1 Å². The van der Waals surface area contributed by atoms with Crippen molar-refractivity contribution in [1.29, 1.82) is 0 Å². The zero-order valence-electron chi connectivity index (χ0n) is 11.6. The van der Waals surface area contributed by atoms with Gasteiger partial charge in [-0.1, -0.05) is 19.8 Å². The fraction of sp³-hybridized carbons (Fsp3) is 0.714. The van der Waals surface area contributed by atoms with Gasteiger partial charge in [0.25, 0.3) is 0 Å². The van der Waals surface area contributed by atoms with Crippen LogP contribution in [0.15, 0.2) is 6.07 Å². The number of nitrogens with one attached hydrogen (secondary N) is 1. The molecule has 2 atom stereocenters. The molecule has 1 aliphatic rings. The monoisotopic (exact) mass is 249 g/mol. The van der Waals surface area contributed by atoms with Crippen LogP contribution in [0.3, 0.4) is 0 Å². The number of anilines is 1. The van der Waals surface area contributed by atoms with E-state index in [1.165, 1.54) is 25.7 Å². The first-order valence-corrected chi connectivity index (χ1v) is 6.81. The summed E-state index contributed by atoms with van der Waals surface area (Å²) in [7, 11) is 1.63. The summed E-state index contributed by atoms with van der Waals surface area (Å²) >= 11 is 0. The smallest absolute Gasteiger partial charge is 0.218 e. The molecule has 1 aromatic heterocycles. The Morgan fingerprint density at radius 1 is 1.39 bits per heavy atom. The normalized spacial score (nSPS) is 23.7. The summed E-state index contributed by atoms with van der Waals surface area (Å²) in [6.07, 6.45) is 5.41. The molecule has 4 nitrogen and oxygen atoms in total. The molecule has 1 saturated carbocycles. The fourth-order valence-electron chi connectivity index (χ4n) is 2.73. The van der Waals surface area contributed by atoms with E-state index >= 15 is 0 Å². The maximum atomic E-state index is 5.15. The van der Waals surface area contributed by atoms with Crippen LogP contribution in [0.25, 0.3) is 0 Å². The van der Waals surface area contributed by atoms with E-state index in [4.69, 9.17) is 4.74 Å². The summed E-state index contributed by atoms with van der Waals surface area (Å²) in [5.41, 5.74) is 0. The molecule has 2 rings (SSSR count). The van der Waals surface area contributed by atoms with Gasteiger partial charge in [-0.25, -0.2) is 4.98 Å². The SMILES string of the molecule is COc1cc(NCC2CCCC(C)C2)nc(C)n1. The van der Waals surface area contributed by atoms with E-state index in [1.54, 1.807) is 7.11 Å². The highest BCUT2D eigenvalue weighted by Gasteiger charge is 2.18. The molecule has 0 bridgehead atoms. The third-order valence-electron chi connectivity index (χ3n) is 3.64. The number of nitrogens with zero attached hydrogens (tertiary/aromatic N) is 2. The van der Waals surface area contributed by atoms with E-state index in [2.05, 4.69) is 22.2 Å². The summed E-state index contributed by atoms with van der Waals surface area (Å²) in [5.74, 6) is 3.88. The van der Waals surface area contributed by atoms with Gasteiger partial charge in [-0.15, -0.1) is 0 Å². The molecule has 0 aromatic carbocycles. The summed E-state index contributed by atoms with van der Waals surface area (Å²) in [6, 6.07) is 1.86. The lowest BCUT2D eigenvalue weighted by atomic mass is 9.82. The van der Waals surface area contributed by atoms with Gasteiger partial charge in [0.2, 0.25) is 5.88 Å². The first-order chi connectivity index (χ1) is 8.67. The van der Waals surface area contributed by atoms with Crippen LogP contribution in [0, 0.1) is 18.8 Å². The second-order valence-electron chi connectivity index (χ2n) is 5.36. The van der Waals surface area contributed by atoms with Crippen molar-refractivity contribution in [3.05, 3.63) is 11.9 Å². The van der Waals surface area contributed by atoms with Gasteiger partial charge in [0.15, 0.2) is 0 Å². The Morgan fingerprint density at radius 2 is 2.22 bits per heavy atom. The topological polar surface area (TPSA) is 47.0 Å². The Hall–Kier alpha value is -1.32. The van der Waals surface area contributed by atoms with E-state index in [9.17, 15) is 0 Å². The van der Waals surface area contributed by atoms with Crippen LogP contribution in [0.2, 0.25) is 0 Å². The number of aryl methyl sites for hydroxylation is 1. The highest BCUT2D eigenvalue weighted by Crippen LogP contribution is 2.28. The standard InChI is InChI=1S/C14H23N3O/c1-10-5-4-6-12(7-10)9-15-13-8-14(18-3)17-11(2)16-13/h8,10,12H,4-7,9H2,1-3H3,(H,15,16,17). The average molecular weight is 249 g/mol. The van der Waals surface area contributed by atoms with Gasteiger partial charge < -0.3 is 10.1 Å². The number of methoxy groups -OCH3 is 1. The second kappa shape index (κ2) is 6.03. The van der Waals surface area contributed by atoms with E-state index in [0.29, 0.717) is 5.88 Å². The minimum absolute atomic E-state index is 0.627. The van der Waals surface area contributed by atoms with Crippen LogP contribution in [0.5, 0.6) is 5.88 Å². The molecule has 1 aliphatic carbocycles. The van der Waals surface area contributed by atoms with Gasteiger partial charge in [-0.05, 0) is 31.6 Å². The predicted molar refractivity (Wildman–Crippen MR) is 72.9 cm³/mol. The number of aromatic nitrogens is 2. The van der Waals surface area contributed by atoms with Crippen molar-refractivity contribution in [1.82, 2.24) is 9.97 Å². The van der Waals surface area contributed by atoms with Gasteiger partial charge in [-0.2, -0.15) is 4.98 Å². The van der Waals surface area contributed by atoms with Crippen LogP contribution >= 0.6 is 0 Å². The summed E-state index contributed by atoms with van der Waals surface area (Å²) < 4.78 is 5.15. The first kappa shape index (κ1) is 13.1. The lowest BCUT2D eigenvalue weighted by Crippen LogP contribution is -2.21. The minimum Gasteiger partial charge on any atom is -0.481 e. The fourth-order valence-corrected chi connectivity index (χ4v) is 2.73. The molecule has 0 amide bonds. The Bertz CT molecular complexity index is 395. The van der Waals surface area contributed by atoms with Gasteiger partial charge in [0, 0.05) is 12.6 Å². The molecule has 1 fully saturated rings. The number of ether oxygens (including phenoxy) is 1. The number of hydrogen-bond donors (Lipinski definition) is 1. The lowest BCUT2D eigenvalue weighted by molar-refractivity contribution is 0.293. The largest absolute Gasteiger partial charge is 0.481 e. The average Bonchev–Trinajstić information content (AvgIpc) is 2.36. The van der Waals surface area contributed by atoms with Crippen LogP contribution in [-0.4, -0.2) is 23.6 Å². The van der Waals surface area contributed by atoms with Crippen molar-refractivity contribution in [2.75, 3.05) is 19.0 Å². The van der Waals surface area contributed by atoms with Gasteiger partial charge >= 0.3 is 0 Å². The van der Waals surface area contributed by atoms with Crippen molar-refractivity contribution in [2.45, 2.75) is 39.5 Å². The molecule has 1 N–H and O–H groups in total. The number of hydrogen-bond acceptors (Lipinski definition) is 4. The van der Waals surface area contributed by atoms with Crippen molar-refractivity contribution in [3.63, 3.8) is 0 Å². The molecule has 1 aromatic rings. The molecule has 0 aliphatic heterocycles. The van der Waals surface area contributed by atoms with Gasteiger partial charge in [0.1, 0.15) is 11.6 Å².